The fourth-order valence-corrected chi connectivity index (χ4v) is 2.78. The van der Waals surface area contributed by atoms with Gasteiger partial charge in [-0.25, -0.2) is 0 Å². The number of halogens is 2. The van der Waals surface area contributed by atoms with E-state index >= 15 is 0 Å². The summed E-state index contributed by atoms with van der Waals surface area (Å²) in [6.45, 7) is 9.19. The van der Waals surface area contributed by atoms with Crippen LogP contribution in [0.15, 0.2) is 33.7 Å². The Kier molecular flexibility index (Phi) is 7.45. The molecule has 0 saturated carbocycles. The molecule has 2 rings (SSSR count). The average Bonchev–Trinajstić information content (AvgIpc) is 2.84. The first-order valence-electron chi connectivity index (χ1n) is 7.42. The number of nitrogens with two attached hydrogens (primary N) is 1. The van der Waals surface area contributed by atoms with Gasteiger partial charge in [-0.1, -0.05) is 15.9 Å². The molecular formula is C16H26BrIN4. The first-order valence-corrected chi connectivity index (χ1v) is 8.21. The molecule has 3 N–H and O–H groups in total. The van der Waals surface area contributed by atoms with Gasteiger partial charge in [-0.05, 0) is 57.4 Å². The van der Waals surface area contributed by atoms with E-state index in [1.165, 1.54) is 12.1 Å². The Bertz CT molecular complexity index is 496. The smallest absolute Gasteiger partial charge is 0.188 e. The zero-order chi connectivity index (χ0) is 15.5. The van der Waals surface area contributed by atoms with Crippen LogP contribution in [0.5, 0.6) is 0 Å². The van der Waals surface area contributed by atoms with Gasteiger partial charge in [-0.3, -0.25) is 4.99 Å². The van der Waals surface area contributed by atoms with E-state index in [9.17, 15) is 0 Å². The van der Waals surface area contributed by atoms with E-state index < -0.39 is 0 Å². The molecule has 0 spiro atoms. The number of guanidine groups is 1. The highest BCUT2D eigenvalue weighted by atomic mass is 127. The zero-order valence-electron chi connectivity index (χ0n) is 13.5. The number of nitrogens with one attached hydrogen (secondary N) is 1. The van der Waals surface area contributed by atoms with Crippen molar-refractivity contribution in [3.8, 4) is 0 Å². The highest BCUT2D eigenvalue weighted by molar-refractivity contribution is 14.0. The third-order valence-electron chi connectivity index (χ3n) is 3.50. The van der Waals surface area contributed by atoms with Crippen molar-refractivity contribution in [3.63, 3.8) is 0 Å². The summed E-state index contributed by atoms with van der Waals surface area (Å²) in [6, 6.07) is 8.49. The summed E-state index contributed by atoms with van der Waals surface area (Å²) >= 11 is 3.47. The van der Waals surface area contributed by atoms with Gasteiger partial charge in [0.15, 0.2) is 5.96 Å². The van der Waals surface area contributed by atoms with Gasteiger partial charge in [-0.15, -0.1) is 24.0 Å². The number of hydrogen-bond donors (Lipinski definition) is 2. The summed E-state index contributed by atoms with van der Waals surface area (Å²) in [6.07, 6.45) is 1.17. The van der Waals surface area contributed by atoms with E-state index in [2.05, 4.69) is 76.2 Å². The van der Waals surface area contributed by atoms with Crippen molar-refractivity contribution in [1.29, 1.82) is 0 Å². The second-order valence-electron chi connectivity index (χ2n) is 6.68. The maximum atomic E-state index is 5.92. The molecular weight excluding hydrogens is 455 g/mol. The van der Waals surface area contributed by atoms with E-state index in [-0.39, 0.29) is 29.5 Å². The maximum Gasteiger partial charge on any atom is 0.188 e. The Balaban J connectivity index is 0.00000242. The summed E-state index contributed by atoms with van der Waals surface area (Å²) in [5.41, 5.74) is 7.17. The van der Waals surface area contributed by atoms with Crippen LogP contribution in [-0.4, -0.2) is 31.1 Å². The molecule has 1 saturated heterocycles. The zero-order valence-corrected chi connectivity index (χ0v) is 17.4. The second kappa shape index (κ2) is 8.38. The lowest BCUT2D eigenvalue weighted by Gasteiger charge is -2.21. The predicted octanol–water partition coefficient (Wildman–Crippen LogP) is 3.60. The van der Waals surface area contributed by atoms with Gasteiger partial charge in [0.05, 0.1) is 0 Å². The minimum absolute atomic E-state index is 0. The number of aliphatic imine (C=N–C) groups is 1. The van der Waals surface area contributed by atoms with Crippen LogP contribution in [0.25, 0.3) is 0 Å². The van der Waals surface area contributed by atoms with Crippen LogP contribution >= 0.6 is 39.9 Å². The third kappa shape index (κ3) is 6.32. The Morgan fingerprint density at radius 1 is 1.36 bits per heavy atom. The first-order chi connectivity index (χ1) is 9.83. The third-order valence-corrected chi connectivity index (χ3v) is 4.03. The van der Waals surface area contributed by atoms with Crippen LogP contribution < -0.4 is 16.0 Å². The van der Waals surface area contributed by atoms with Crippen molar-refractivity contribution < 1.29 is 0 Å². The Morgan fingerprint density at radius 2 is 2.00 bits per heavy atom. The minimum Gasteiger partial charge on any atom is -0.371 e. The number of benzene rings is 1. The largest absolute Gasteiger partial charge is 0.371 e. The minimum atomic E-state index is -0.0350. The molecule has 0 bridgehead atoms. The monoisotopic (exact) mass is 480 g/mol. The van der Waals surface area contributed by atoms with E-state index in [1.807, 2.05) is 0 Å². The van der Waals surface area contributed by atoms with Crippen LogP contribution in [0, 0.1) is 5.92 Å². The van der Waals surface area contributed by atoms with Gasteiger partial charge in [0.2, 0.25) is 0 Å². The molecule has 1 aromatic carbocycles. The van der Waals surface area contributed by atoms with E-state index in [4.69, 9.17) is 5.73 Å². The van der Waals surface area contributed by atoms with E-state index in [0.717, 1.165) is 24.1 Å². The maximum absolute atomic E-state index is 5.92. The fraction of sp³-hybridized carbons (Fsp3) is 0.562. The number of anilines is 1. The molecule has 1 fully saturated rings. The van der Waals surface area contributed by atoms with E-state index in [0.29, 0.717) is 11.9 Å². The molecule has 22 heavy (non-hydrogen) atoms. The Labute approximate surface area is 159 Å². The van der Waals surface area contributed by atoms with Crippen molar-refractivity contribution in [2.75, 3.05) is 24.5 Å². The second-order valence-corrected chi connectivity index (χ2v) is 7.59. The topological polar surface area (TPSA) is 53.6 Å². The highest BCUT2D eigenvalue weighted by Crippen LogP contribution is 2.25. The van der Waals surface area contributed by atoms with Crippen LogP contribution in [0.4, 0.5) is 5.69 Å². The quantitative estimate of drug-likeness (QED) is 0.395. The van der Waals surface area contributed by atoms with Gasteiger partial charge in [0.1, 0.15) is 0 Å². The van der Waals surface area contributed by atoms with Crippen LogP contribution in [0.3, 0.4) is 0 Å². The van der Waals surface area contributed by atoms with Crippen molar-refractivity contribution in [3.05, 3.63) is 28.7 Å². The SMILES string of the molecule is CC(C)(C)NC(N)=NCC1CCN(c2ccc(Br)cc2)C1.I. The number of rotatable bonds is 3. The lowest BCUT2D eigenvalue weighted by molar-refractivity contribution is 0.505. The molecule has 1 unspecified atom stereocenters. The molecule has 0 aromatic heterocycles. The molecule has 1 atom stereocenters. The van der Waals surface area contributed by atoms with Gasteiger partial charge in [0.25, 0.3) is 0 Å². The number of hydrogen-bond acceptors (Lipinski definition) is 2. The van der Waals surface area contributed by atoms with Crippen molar-refractivity contribution in [2.45, 2.75) is 32.7 Å². The summed E-state index contributed by atoms with van der Waals surface area (Å²) < 4.78 is 1.12. The molecule has 1 aromatic rings. The predicted molar refractivity (Wildman–Crippen MR) is 109 cm³/mol. The molecule has 1 aliphatic heterocycles. The van der Waals surface area contributed by atoms with Crippen molar-refractivity contribution in [2.24, 2.45) is 16.6 Å². The molecule has 0 aliphatic carbocycles. The van der Waals surface area contributed by atoms with Gasteiger partial charge in [0, 0.05) is 35.3 Å². The molecule has 4 nitrogen and oxygen atoms in total. The molecule has 0 amide bonds. The standard InChI is InChI=1S/C16H25BrN4.HI/c1-16(2,3)20-15(18)19-10-12-8-9-21(11-12)14-6-4-13(17)5-7-14;/h4-7,12H,8-11H2,1-3H3,(H3,18,19,20);1H. The Morgan fingerprint density at radius 3 is 2.59 bits per heavy atom. The summed E-state index contributed by atoms with van der Waals surface area (Å²) in [7, 11) is 0. The van der Waals surface area contributed by atoms with Gasteiger partial charge < -0.3 is 16.0 Å². The van der Waals surface area contributed by atoms with Crippen LogP contribution in [-0.2, 0) is 0 Å². The van der Waals surface area contributed by atoms with Crippen molar-refractivity contribution >= 4 is 51.6 Å². The molecule has 1 heterocycles. The van der Waals surface area contributed by atoms with E-state index in [1.54, 1.807) is 0 Å². The lowest BCUT2D eigenvalue weighted by atomic mass is 10.1. The summed E-state index contributed by atoms with van der Waals surface area (Å²) in [4.78, 5) is 6.90. The van der Waals surface area contributed by atoms with Crippen molar-refractivity contribution in [1.82, 2.24) is 5.32 Å². The summed E-state index contributed by atoms with van der Waals surface area (Å²) in [5, 5.41) is 3.20. The normalized spacial score (nSPS) is 19.0. The highest BCUT2D eigenvalue weighted by Gasteiger charge is 2.22. The average molecular weight is 481 g/mol. The van der Waals surface area contributed by atoms with Crippen LogP contribution in [0.2, 0.25) is 0 Å². The molecule has 124 valence electrons. The van der Waals surface area contributed by atoms with Gasteiger partial charge >= 0.3 is 0 Å². The molecule has 1 aliphatic rings. The van der Waals surface area contributed by atoms with Crippen LogP contribution in [0.1, 0.15) is 27.2 Å². The lowest BCUT2D eigenvalue weighted by Crippen LogP contribution is -2.45. The summed E-state index contributed by atoms with van der Waals surface area (Å²) in [5.74, 6) is 1.12. The molecule has 0 radical (unpaired) electrons. The molecule has 6 heteroatoms. The number of nitrogens with zero attached hydrogens (tertiary/aromatic N) is 2. The Hall–Kier alpha value is -0.500. The van der Waals surface area contributed by atoms with Gasteiger partial charge in [-0.2, -0.15) is 0 Å². The first kappa shape index (κ1) is 19.5. The fourth-order valence-electron chi connectivity index (χ4n) is 2.52.